The van der Waals surface area contributed by atoms with Gasteiger partial charge in [-0.25, -0.2) is 4.79 Å². The van der Waals surface area contributed by atoms with Gasteiger partial charge in [0.1, 0.15) is 6.73 Å². The van der Waals surface area contributed by atoms with Crippen LogP contribution in [0.3, 0.4) is 0 Å². The van der Waals surface area contributed by atoms with Crippen LogP contribution in [0.15, 0.2) is 82.4 Å². The summed E-state index contributed by atoms with van der Waals surface area (Å²) in [6.07, 6.45) is 0. The minimum atomic E-state index is -0.828. The minimum absolute atomic E-state index is 0.104. The Morgan fingerprint density at radius 3 is 2.32 bits per heavy atom. The fourth-order valence-corrected chi connectivity index (χ4v) is 3.85. The Kier molecular flexibility index (Phi) is 5.73. The van der Waals surface area contributed by atoms with Crippen LogP contribution in [0.25, 0.3) is 22.0 Å². The van der Waals surface area contributed by atoms with E-state index in [0.717, 1.165) is 21.9 Å². The van der Waals surface area contributed by atoms with Crippen molar-refractivity contribution >= 4 is 10.8 Å². The monoisotopic (exact) mass is 416 g/mol. The minimum Gasteiger partial charge on any atom is -0.421 e. The van der Waals surface area contributed by atoms with Crippen LogP contribution in [0.4, 0.5) is 0 Å². The highest BCUT2D eigenvalue weighted by atomic mass is 16.5. The largest absolute Gasteiger partial charge is 0.421 e. The molecule has 0 spiro atoms. The maximum atomic E-state index is 12.9. The van der Waals surface area contributed by atoms with Crippen molar-refractivity contribution in [1.82, 2.24) is 9.30 Å². The molecule has 6 nitrogen and oxygen atoms in total. The molecule has 0 unspecified atom stereocenters. The molecule has 1 aromatic heterocycles. The summed E-state index contributed by atoms with van der Waals surface area (Å²) < 4.78 is 7.34. The van der Waals surface area contributed by atoms with Crippen LogP contribution in [0.5, 0.6) is 0 Å². The highest BCUT2D eigenvalue weighted by Crippen LogP contribution is 2.32. The normalized spacial score (nSPS) is 11.3. The van der Waals surface area contributed by atoms with Gasteiger partial charge in [-0.15, -0.1) is 0 Å². The van der Waals surface area contributed by atoms with E-state index in [4.69, 9.17) is 4.74 Å². The molecule has 4 aromatic rings. The van der Waals surface area contributed by atoms with E-state index in [1.807, 2.05) is 86.6 Å². The molecule has 6 heteroatoms. The van der Waals surface area contributed by atoms with Gasteiger partial charge in [0, 0.05) is 11.1 Å². The Morgan fingerprint density at radius 2 is 1.58 bits per heavy atom. The van der Waals surface area contributed by atoms with Crippen molar-refractivity contribution in [3.05, 3.63) is 105 Å². The molecule has 0 aliphatic rings. The third-order valence-electron chi connectivity index (χ3n) is 5.31. The van der Waals surface area contributed by atoms with Gasteiger partial charge in [-0.05, 0) is 22.3 Å². The molecule has 0 fully saturated rings. The summed E-state index contributed by atoms with van der Waals surface area (Å²) >= 11 is 0. The van der Waals surface area contributed by atoms with Gasteiger partial charge in [0.25, 0.3) is 5.56 Å². The van der Waals surface area contributed by atoms with Crippen LogP contribution < -0.4 is 11.2 Å². The topological polar surface area (TPSA) is 73.5 Å². The molecule has 4 rings (SSSR count). The first-order valence-electron chi connectivity index (χ1n) is 10.2. The first-order valence-corrected chi connectivity index (χ1v) is 10.2. The van der Waals surface area contributed by atoms with Crippen molar-refractivity contribution < 1.29 is 9.94 Å². The van der Waals surface area contributed by atoms with Crippen LogP contribution in [0, 0.1) is 0 Å². The van der Waals surface area contributed by atoms with E-state index in [0.29, 0.717) is 17.9 Å². The van der Waals surface area contributed by atoms with E-state index >= 15 is 0 Å². The van der Waals surface area contributed by atoms with Crippen molar-refractivity contribution in [1.29, 1.82) is 0 Å². The van der Waals surface area contributed by atoms with Crippen molar-refractivity contribution in [3.8, 4) is 11.3 Å². The summed E-state index contributed by atoms with van der Waals surface area (Å²) in [5, 5.41) is 12.1. The van der Waals surface area contributed by atoms with Crippen molar-refractivity contribution in [3.63, 3.8) is 0 Å². The predicted molar refractivity (Wildman–Crippen MR) is 120 cm³/mol. The summed E-state index contributed by atoms with van der Waals surface area (Å²) in [6.45, 7) is 3.92. The predicted octanol–water partition coefficient (Wildman–Crippen LogP) is 4.37. The Morgan fingerprint density at radius 1 is 0.903 bits per heavy atom. The fourth-order valence-electron chi connectivity index (χ4n) is 3.85. The zero-order valence-electron chi connectivity index (χ0n) is 17.5. The number of fused-ring (bicyclic) bond motifs is 1. The maximum Gasteiger partial charge on any atom is 0.366 e. The molecule has 0 aliphatic heterocycles. The number of hydrogen-bond acceptors (Lipinski definition) is 4. The summed E-state index contributed by atoms with van der Waals surface area (Å²) in [5.74, 6) is -0.221. The lowest BCUT2D eigenvalue weighted by Gasteiger charge is -2.20. The Balaban J connectivity index is 1.91. The Hall–Kier alpha value is -3.64. The van der Waals surface area contributed by atoms with E-state index in [-0.39, 0.29) is 17.4 Å². The molecule has 158 valence electrons. The molecule has 0 bridgehead atoms. The molecule has 3 aromatic carbocycles. The number of benzene rings is 3. The molecule has 0 amide bonds. The average molecular weight is 416 g/mol. The number of hydrogen-bond donors (Lipinski definition) is 1. The van der Waals surface area contributed by atoms with Gasteiger partial charge >= 0.3 is 5.69 Å². The van der Waals surface area contributed by atoms with E-state index in [1.165, 1.54) is 4.57 Å². The second-order valence-corrected chi connectivity index (χ2v) is 7.73. The van der Waals surface area contributed by atoms with Gasteiger partial charge in [-0.3, -0.25) is 9.36 Å². The summed E-state index contributed by atoms with van der Waals surface area (Å²) in [5.41, 5.74) is 1.01. The lowest BCUT2D eigenvalue weighted by atomic mass is 9.94. The summed E-state index contributed by atoms with van der Waals surface area (Å²) in [4.78, 5) is 25.8. The molecule has 1 heterocycles. The third kappa shape index (κ3) is 3.90. The number of nitrogens with zero attached hydrogens (tertiary/aromatic N) is 2. The highest BCUT2D eigenvalue weighted by molar-refractivity contribution is 5.96. The summed E-state index contributed by atoms with van der Waals surface area (Å²) in [7, 11) is 0. The number of ether oxygens (including phenoxy) is 1. The van der Waals surface area contributed by atoms with E-state index in [1.54, 1.807) is 0 Å². The average Bonchev–Trinajstić information content (AvgIpc) is 2.79. The zero-order chi connectivity index (χ0) is 22.0. The molecule has 31 heavy (non-hydrogen) atoms. The highest BCUT2D eigenvalue weighted by Gasteiger charge is 2.23. The van der Waals surface area contributed by atoms with Crippen molar-refractivity contribution in [2.75, 3.05) is 0 Å². The molecular weight excluding hydrogens is 392 g/mol. The van der Waals surface area contributed by atoms with Gasteiger partial charge in [0.15, 0.2) is 0 Å². The number of aromatic nitrogens is 2. The van der Waals surface area contributed by atoms with Crippen LogP contribution in [0.1, 0.15) is 30.9 Å². The van der Waals surface area contributed by atoms with Gasteiger partial charge < -0.3 is 9.94 Å². The Labute approximate surface area is 179 Å². The molecule has 1 N–H and O–H groups in total. The van der Waals surface area contributed by atoms with Crippen LogP contribution >= 0.6 is 0 Å². The van der Waals surface area contributed by atoms with Gasteiger partial charge in [0.05, 0.1) is 12.3 Å². The first-order chi connectivity index (χ1) is 15.0. The molecule has 0 radical (unpaired) electrons. The van der Waals surface area contributed by atoms with Gasteiger partial charge in [0.2, 0.25) is 0 Å². The van der Waals surface area contributed by atoms with Crippen molar-refractivity contribution in [2.45, 2.75) is 33.1 Å². The van der Waals surface area contributed by atoms with Crippen LogP contribution in [-0.4, -0.2) is 14.5 Å². The van der Waals surface area contributed by atoms with Gasteiger partial charge in [-0.2, -0.15) is 0 Å². The number of rotatable bonds is 6. The second kappa shape index (κ2) is 8.62. The van der Waals surface area contributed by atoms with E-state index in [2.05, 4.69) is 0 Å². The second-order valence-electron chi connectivity index (χ2n) is 7.73. The molecule has 0 atom stereocenters. The smallest absolute Gasteiger partial charge is 0.366 e. The quantitative estimate of drug-likeness (QED) is 0.474. The fraction of sp³-hybridized carbons (Fsp3) is 0.200. The molecule has 0 saturated carbocycles. The Bertz CT molecular complexity index is 1330. The lowest BCUT2D eigenvalue weighted by Crippen LogP contribution is -2.42. The van der Waals surface area contributed by atoms with Crippen molar-refractivity contribution in [2.24, 2.45) is 0 Å². The van der Waals surface area contributed by atoms with Gasteiger partial charge in [-0.1, -0.05) is 91.4 Å². The van der Waals surface area contributed by atoms with E-state index < -0.39 is 11.2 Å². The molecule has 0 aliphatic carbocycles. The van der Waals surface area contributed by atoms with E-state index in [9.17, 15) is 14.8 Å². The zero-order valence-corrected chi connectivity index (χ0v) is 17.5. The maximum absolute atomic E-state index is 12.9. The lowest BCUT2D eigenvalue weighted by molar-refractivity contribution is 0.0531. The SMILES string of the molecule is CC(C)c1c(-c2cccc3ccccc23)n(COCc2ccccc2)c(=O)n(O)c1=O. The standard InChI is InChI=1S/C25H24N2O4/c1-17(2)22-23(21-14-8-12-19-11-6-7-13-20(19)21)26(25(29)27(30)24(22)28)16-31-15-18-9-4-3-5-10-18/h3-14,17,30H,15-16H2,1-2H3. The summed E-state index contributed by atoms with van der Waals surface area (Å²) in [6, 6.07) is 23.2. The van der Waals surface area contributed by atoms with Crippen LogP contribution in [0.2, 0.25) is 0 Å². The first kappa shape index (κ1) is 20.6. The third-order valence-corrected chi connectivity index (χ3v) is 5.31. The molecular formula is C25H24N2O4. The molecule has 0 saturated heterocycles. The van der Waals surface area contributed by atoms with Crippen LogP contribution in [-0.2, 0) is 18.1 Å².